The van der Waals surface area contributed by atoms with Crippen molar-refractivity contribution in [3.63, 3.8) is 0 Å². The summed E-state index contributed by atoms with van der Waals surface area (Å²) < 4.78 is 0.864. The molecule has 0 heterocycles. The molecule has 1 N–H and O–H groups in total. The molecular weight excluding hydrogens is 278 g/mol. The van der Waals surface area contributed by atoms with Crippen LogP contribution >= 0.6 is 15.9 Å². The van der Waals surface area contributed by atoms with Crippen LogP contribution in [0.3, 0.4) is 0 Å². The minimum Gasteiger partial charge on any atom is -0.352 e. The summed E-state index contributed by atoms with van der Waals surface area (Å²) in [4.78, 5) is 11.9. The summed E-state index contributed by atoms with van der Waals surface area (Å²) in [6.45, 7) is 2.78. The molecule has 1 aliphatic rings. The van der Waals surface area contributed by atoms with E-state index in [1.54, 1.807) is 0 Å². The summed E-state index contributed by atoms with van der Waals surface area (Å²) >= 11 is 3.41. The second-order valence-electron chi connectivity index (χ2n) is 4.82. The molecule has 0 radical (unpaired) electrons. The smallest absolute Gasteiger partial charge is 0.252 e. The van der Waals surface area contributed by atoms with Crippen LogP contribution in [0.15, 0.2) is 22.7 Å². The average Bonchev–Trinajstić information content (AvgIpc) is 3.11. The van der Waals surface area contributed by atoms with E-state index in [2.05, 4.69) is 21.2 Å². The summed E-state index contributed by atoms with van der Waals surface area (Å²) in [6.07, 6.45) is 5.13. The third-order valence-electron chi connectivity index (χ3n) is 3.14. The van der Waals surface area contributed by atoms with Gasteiger partial charge in [-0.2, -0.15) is 0 Å². The van der Waals surface area contributed by atoms with Gasteiger partial charge in [-0.25, -0.2) is 0 Å². The maximum absolute atomic E-state index is 11.9. The molecule has 17 heavy (non-hydrogen) atoms. The van der Waals surface area contributed by atoms with Crippen LogP contribution in [0.25, 0.3) is 0 Å². The highest BCUT2D eigenvalue weighted by atomic mass is 79.9. The Balaban J connectivity index is 1.82. The van der Waals surface area contributed by atoms with Crippen molar-refractivity contribution in [3.05, 3.63) is 33.8 Å². The SMILES string of the molecule is Cc1ccc(Br)c(C(=O)NCCCC2CC2)c1. The number of hydrogen-bond acceptors (Lipinski definition) is 1. The zero-order chi connectivity index (χ0) is 12.3. The first-order valence-electron chi connectivity index (χ1n) is 6.21. The normalized spacial score (nSPS) is 14.7. The van der Waals surface area contributed by atoms with E-state index in [1.807, 2.05) is 25.1 Å². The molecule has 92 valence electrons. The van der Waals surface area contributed by atoms with Gasteiger partial charge >= 0.3 is 0 Å². The Bertz CT molecular complexity index is 413. The lowest BCUT2D eigenvalue weighted by Gasteiger charge is -2.07. The molecule has 1 amide bonds. The molecule has 1 saturated carbocycles. The zero-order valence-electron chi connectivity index (χ0n) is 10.1. The maximum atomic E-state index is 11.9. The lowest BCUT2D eigenvalue weighted by Crippen LogP contribution is -2.24. The summed E-state index contributed by atoms with van der Waals surface area (Å²) in [5.74, 6) is 0.967. The number of nitrogens with one attached hydrogen (secondary N) is 1. The van der Waals surface area contributed by atoms with Crippen molar-refractivity contribution >= 4 is 21.8 Å². The van der Waals surface area contributed by atoms with Crippen LogP contribution in [0.2, 0.25) is 0 Å². The molecule has 2 nitrogen and oxygen atoms in total. The Hall–Kier alpha value is -0.830. The monoisotopic (exact) mass is 295 g/mol. The van der Waals surface area contributed by atoms with Gasteiger partial charge in [0, 0.05) is 11.0 Å². The third kappa shape index (κ3) is 3.84. The van der Waals surface area contributed by atoms with E-state index in [0.717, 1.165) is 34.5 Å². The van der Waals surface area contributed by atoms with Gasteiger partial charge in [0.05, 0.1) is 5.56 Å². The van der Waals surface area contributed by atoms with Crippen molar-refractivity contribution in [3.8, 4) is 0 Å². The highest BCUT2D eigenvalue weighted by Gasteiger charge is 2.20. The topological polar surface area (TPSA) is 29.1 Å². The lowest BCUT2D eigenvalue weighted by molar-refractivity contribution is 0.0952. The van der Waals surface area contributed by atoms with E-state index < -0.39 is 0 Å². The second-order valence-corrected chi connectivity index (χ2v) is 5.68. The second kappa shape index (κ2) is 5.67. The van der Waals surface area contributed by atoms with Gasteiger partial charge in [-0.05, 0) is 53.7 Å². The minimum atomic E-state index is 0.0244. The van der Waals surface area contributed by atoms with Crippen LogP contribution in [0.5, 0.6) is 0 Å². The molecule has 0 atom stereocenters. The Morgan fingerprint density at radius 2 is 2.24 bits per heavy atom. The summed E-state index contributed by atoms with van der Waals surface area (Å²) in [5.41, 5.74) is 1.84. The molecular formula is C14H18BrNO. The molecule has 0 unspecified atom stereocenters. The van der Waals surface area contributed by atoms with Crippen molar-refractivity contribution in [2.75, 3.05) is 6.54 Å². The Morgan fingerprint density at radius 1 is 1.47 bits per heavy atom. The highest BCUT2D eigenvalue weighted by Crippen LogP contribution is 2.33. The van der Waals surface area contributed by atoms with E-state index in [-0.39, 0.29) is 5.91 Å². The molecule has 2 rings (SSSR count). The number of carbonyl (C=O) groups is 1. The zero-order valence-corrected chi connectivity index (χ0v) is 11.7. The molecule has 0 spiro atoms. The molecule has 0 saturated heterocycles. The van der Waals surface area contributed by atoms with Crippen LogP contribution in [0, 0.1) is 12.8 Å². The molecule has 1 aromatic rings. The molecule has 0 bridgehead atoms. The predicted octanol–water partition coefficient (Wildman–Crippen LogP) is 3.68. The van der Waals surface area contributed by atoms with Crippen molar-refractivity contribution in [2.24, 2.45) is 5.92 Å². The van der Waals surface area contributed by atoms with Gasteiger partial charge in [0.2, 0.25) is 0 Å². The molecule has 0 aromatic heterocycles. The summed E-state index contributed by atoms with van der Waals surface area (Å²) in [5, 5.41) is 2.98. The van der Waals surface area contributed by atoms with Crippen LogP contribution in [-0.2, 0) is 0 Å². The third-order valence-corrected chi connectivity index (χ3v) is 3.83. The summed E-state index contributed by atoms with van der Waals surface area (Å²) in [6, 6.07) is 5.84. The van der Waals surface area contributed by atoms with Crippen LogP contribution < -0.4 is 5.32 Å². The number of hydrogen-bond donors (Lipinski definition) is 1. The van der Waals surface area contributed by atoms with Gasteiger partial charge in [0.1, 0.15) is 0 Å². The van der Waals surface area contributed by atoms with E-state index in [9.17, 15) is 4.79 Å². The first-order valence-corrected chi connectivity index (χ1v) is 7.00. The fourth-order valence-corrected chi connectivity index (χ4v) is 2.33. The predicted molar refractivity (Wildman–Crippen MR) is 73.2 cm³/mol. The molecule has 1 aromatic carbocycles. The number of carbonyl (C=O) groups excluding carboxylic acids is 1. The fourth-order valence-electron chi connectivity index (χ4n) is 1.91. The molecule has 1 fully saturated rings. The van der Waals surface area contributed by atoms with Gasteiger partial charge in [-0.15, -0.1) is 0 Å². The average molecular weight is 296 g/mol. The highest BCUT2D eigenvalue weighted by molar-refractivity contribution is 9.10. The number of amides is 1. The number of benzene rings is 1. The number of halogens is 1. The fraction of sp³-hybridized carbons (Fsp3) is 0.500. The lowest BCUT2D eigenvalue weighted by atomic mass is 10.1. The van der Waals surface area contributed by atoms with Gasteiger partial charge in [-0.1, -0.05) is 24.5 Å². The Kier molecular flexibility index (Phi) is 4.21. The first-order chi connectivity index (χ1) is 8.16. The van der Waals surface area contributed by atoms with Crippen molar-refractivity contribution in [1.29, 1.82) is 0 Å². The minimum absolute atomic E-state index is 0.0244. The quantitative estimate of drug-likeness (QED) is 0.825. The molecule has 3 heteroatoms. The van der Waals surface area contributed by atoms with Gasteiger partial charge < -0.3 is 5.32 Å². The maximum Gasteiger partial charge on any atom is 0.252 e. The number of aryl methyl sites for hydroxylation is 1. The van der Waals surface area contributed by atoms with Gasteiger partial charge in [0.15, 0.2) is 0 Å². The van der Waals surface area contributed by atoms with Crippen molar-refractivity contribution < 1.29 is 4.79 Å². The van der Waals surface area contributed by atoms with E-state index in [0.29, 0.717) is 0 Å². The van der Waals surface area contributed by atoms with Crippen LogP contribution in [0.1, 0.15) is 41.6 Å². The van der Waals surface area contributed by atoms with E-state index >= 15 is 0 Å². The standard InChI is InChI=1S/C14H18BrNO/c1-10-4-7-13(15)12(9-10)14(17)16-8-2-3-11-5-6-11/h4,7,9,11H,2-3,5-6,8H2,1H3,(H,16,17). The van der Waals surface area contributed by atoms with Gasteiger partial charge in [0.25, 0.3) is 5.91 Å². The Morgan fingerprint density at radius 3 is 2.94 bits per heavy atom. The van der Waals surface area contributed by atoms with Crippen molar-refractivity contribution in [1.82, 2.24) is 5.32 Å². The van der Waals surface area contributed by atoms with Crippen molar-refractivity contribution in [2.45, 2.75) is 32.6 Å². The van der Waals surface area contributed by atoms with Crippen LogP contribution in [0.4, 0.5) is 0 Å². The van der Waals surface area contributed by atoms with E-state index in [1.165, 1.54) is 19.3 Å². The number of rotatable bonds is 5. The van der Waals surface area contributed by atoms with Gasteiger partial charge in [-0.3, -0.25) is 4.79 Å². The largest absolute Gasteiger partial charge is 0.352 e. The first kappa shape index (κ1) is 12.6. The molecule has 1 aliphatic carbocycles. The Labute approximate surface area is 111 Å². The van der Waals surface area contributed by atoms with E-state index in [4.69, 9.17) is 0 Å². The summed E-state index contributed by atoms with van der Waals surface area (Å²) in [7, 11) is 0. The van der Waals surface area contributed by atoms with Crippen LogP contribution in [-0.4, -0.2) is 12.5 Å². The molecule has 0 aliphatic heterocycles.